The maximum atomic E-state index is 11.2. The summed E-state index contributed by atoms with van der Waals surface area (Å²) in [5.41, 5.74) is -2.00. The third-order valence-corrected chi connectivity index (χ3v) is 3.47. The third kappa shape index (κ3) is 6.22. The van der Waals surface area contributed by atoms with Gasteiger partial charge >= 0.3 is 12.0 Å². The number of aliphatic hydroxyl groups is 1. The molecule has 0 aliphatic carbocycles. The van der Waals surface area contributed by atoms with Crippen molar-refractivity contribution in [2.75, 3.05) is 19.3 Å². The van der Waals surface area contributed by atoms with E-state index in [1.54, 1.807) is 6.92 Å². The number of hydrogen-bond acceptors (Lipinski definition) is 4. The molecule has 7 nitrogen and oxygen atoms in total. The molecule has 3 atom stereocenters. The molecule has 0 saturated carbocycles. The lowest BCUT2D eigenvalue weighted by atomic mass is 10.1. The van der Waals surface area contributed by atoms with Crippen molar-refractivity contribution in [3.63, 3.8) is 0 Å². The number of carbonyl (C=O) groups excluding carboxylic acids is 1. The van der Waals surface area contributed by atoms with Crippen molar-refractivity contribution < 1.29 is 24.0 Å². The fourth-order valence-electron chi connectivity index (χ4n) is 0.744. The van der Waals surface area contributed by atoms with Gasteiger partial charge in [-0.3, -0.25) is 4.21 Å². The van der Waals surface area contributed by atoms with E-state index in [0.29, 0.717) is 0 Å². The van der Waals surface area contributed by atoms with Crippen molar-refractivity contribution in [2.24, 2.45) is 0 Å². The highest BCUT2D eigenvalue weighted by atomic mass is 32.2. The van der Waals surface area contributed by atoms with Crippen LogP contribution in [0.1, 0.15) is 13.8 Å². The zero-order chi connectivity index (χ0) is 13.6. The Morgan fingerprint density at radius 2 is 1.94 bits per heavy atom. The van der Waals surface area contributed by atoms with Crippen molar-refractivity contribution in [1.29, 1.82) is 0 Å². The molecule has 0 aliphatic heterocycles. The summed E-state index contributed by atoms with van der Waals surface area (Å²) in [5.74, 6) is -1.42. The van der Waals surface area contributed by atoms with E-state index in [1.807, 2.05) is 0 Å². The van der Waals surface area contributed by atoms with Gasteiger partial charge in [-0.25, -0.2) is 9.59 Å². The molecule has 0 saturated heterocycles. The highest BCUT2D eigenvalue weighted by molar-refractivity contribution is 7.84. The number of nitrogens with one attached hydrogen (secondary N) is 2. The van der Waals surface area contributed by atoms with Gasteiger partial charge in [0.2, 0.25) is 0 Å². The average molecular weight is 266 g/mol. The van der Waals surface area contributed by atoms with E-state index in [4.69, 9.17) is 5.11 Å². The van der Waals surface area contributed by atoms with Gasteiger partial charge in [0.1, 0.15) is 0 Å². The molecule has 0 rings (SSSR count). The second-order valence-corrected chi connectivity index (χ2v) is 5.75. The van der Waals surface area contributed by atoms with E-state index in [9.17, 15) is 18.9 Å². The number of hydrogen-bond donors (Lipinski definition) is 4. The van der Waals surface area contributed by atoms with Crippen LogP contribution in [0.2, 0.25) is 0 Å². The molecule has 0 bridgehead atoms. The fourth-order valence-corrected chi connectivity index (χ4v) is 1.06. The Bertz CT molecular complexity index is 319. The predicted molar refractivity (Wildman–Crippen MR) is 63.2 cm³/mol. The van der Waals surface area contributed by atoms with Crippen LogP contribution >= 0.6 is 0 Å². The van der Waals surface area contributed by atoms with Gasteiger partial charge in [-0.05, 0) is 13.8 Å². The van der Waals surface area contributed by atoms with Gasteiger partial charge in [0.05, 0.1) is 6.54 Å². The Hall–Kier alpha value is -1.15. The van der Waals surface area contributed by atoms with E-state index in [2.05, 4.69) is 10.6 Å². The van der Waals surface area contributed by atoms with Gasteiger partial charge in [0, 0.05) is 28.9 Å². The Kier molecular flexibility index (Phi) is 6.11. The summed E-state index contributed by atoms with van der Waals surface area (Å²) in [5, 5.41) is 22.4. The van der Waals surface area contributed by atoms with Gasteiger partial charge in [0.15, 0.2) is 5.60 Å². The summed E-state index contributed by atoms with van der Waals surface area (Å²) in [6.45, 7) is 2.60. The zero-order valence-electron chi connectivity index (χ0n) is 10.0. The van der Waals surface area contributed by atoms with Crippen molar-refractivity contribution in [3.8, 4) is 0 Å². The molecule has 2 amide bonds. The Morgan fingerprint density at radius 1 is 1.41 bits per heavy atom. The van der Waals surface area contributed by atoms with Crippen molar-refractivity contribution >= 4 is 22.8 Å². The molecule has 0 radical (unpaired) electrons. The van der Waals surface area contributed by atoms with Crippen LogP contribution < -0.4 is 10.6 Å². The zero-order valence-corrected chi connectivity index (χ0v) is 10.8. The monoisotopic (exact) mass is 266 g/mol. The van der Waals surface area contributed by atoms with Crippen molar-refractivity contribution in [3.05, 3.63) is 0 Å². The maximum absolute atomic E-state index is 11.2. The molecule has 0 aliphatic rings. The molecule has 0 heterocycles. The highest BCUT2D eigenvalue weighted by Crippen LogP contribution is 2.00. The van der Waals surface area contributed by atoms with E-state index in [-0.39, 0.29) is 11.8 Å². The summed E-state index contributed by atoms with van der Waals surface area (Å²) >= 11 is 0. The summed E-state index contributed by atoms with van der Waals surface area (Å²) < 4.78 is 11.0. The molecule has 4 N–H and O–H groups in total. The Morgan fingerprint density at radius 3 is 2.35 bits per heavy atom. The molecule has 100 valence electrons. The lowest BCUT2D eigenvalue weighted by Gasteiger charge is -2.18. The van der Waals surface area contributed by atoms with Gasteiger partial charge < -0.3 is 20.8 Å². The molecule has 3 unspecified atom stereocenters. The van der Waals surface area contributed by atoms with Gasteiger partial charge in [-0.1, -0.05) is 0 Å². The van der Waals surface area contributed by atoms with E-state index in [1.165, 1.54) is 6.26 Å². The van der Waals surface area contributed by atoms with Crippen LogP contribution in [0.25, 0.3) is 0 Å². The standard InChI is InChI=1S/C9H18N2O5S/c1-6(17(3)16)4-10-8(14)11-5-9(2,15)7(12)13/h6,15H,4-5H2,1-3H3,(H,12,13)(H2,10,11,14). The van der Waals surface area contributed by atoms with Crippen LogP contribution in [0.15, 0.2) is 0 Å². The number of amides is 2. The molecule has 0 spiro atoms. The minimum absolute atomic E-state index is 0.194. The molecular formula is C9H18N2O5S. The summed E-state index contributed by atoms with van der Waals surface area (Å²) in [7, 11) is -1.04. The topological polar surface area (TPSA) is 116 Å². The van der Waals surface area contributed by atoms with E-state index in [0.717, 1.165) is 6.92 Å². The predicted octanol–water partition coefficient (Wildman–Crippen LogP) is -1.11. The lowest BCUT2D eigenvalue weighted by molar-refractivity contribution is -0.155. The highest BCUT2D eigenvalue weighted by Gasteiger charge is 2.30. The number of urea groups is 1. The molecule has 0 aromatic heterocycles. The largest absolute Gasteiger partial charge is 0.479 e. The minimum atomic E-state index is -2.00. The van der Waals surface area contributed by atoms with Crippen LogP contribution in [-0.2, 0) is 15.6 Å². The Balaban J connectivity index is 3.97. The SMILES string of the molecule is CC(CNC(=O)NCC(C)(O)C(=O)O)S(C)=O. The second-order valence-electron chi connectivity index (χ2n) is 3.95. The van der Waals surface area contributed by atoms with Gasteiger partial charge in [-0.2, -0.15) is 0 Å². The minimum Gasteiger partial charge on any atom is -0.479 e. The summed E-state index contributed by atoms with van der Waals surface area (Å²) in [6.07, 6.45) is 1.53. The second kappa shape index (κ2) is 6.55. The van der Waals surface area contributed by atoms with Crippen LogP contribution in [0.5, 0.6) is 0 Å². The average Bonchev–Trinajstić information content (AvgIpc) is 2.22. The number of carboxylic acid groups (broad SMARTS) is 1. The lowest BCUT2D eigenvalue weighted by Crippen LogP contribution is -2.50. The van der Waals surface area contributed by atoms with Crippen molar-refractivity contribution in [2.45, 2.75) is 24.7 Å². The van der Waals surface area contributed by atoms with E-state index < -0.39 is 34.9 Å². The number of aliphatic carboxylic acids is 1. The van der Waals surface area contributed by atoms with Crippen molar-refractivity contribution in [1.82, 2.24) is 10.6 Å². The number of carbonyl (C=O) groups is 2. The summed E-state index contributed by atoms with van der Waals surface area (Å²) in [4.78, 5) is 21.7. The van der Waals surface area contributed by atoms with Crippen LogP contribution in [0.4, 0.5) is 4.79 Å². The number of rotatable bonds is 6. The van der Waals surface area contributed by atoms with Gasteiger partial charge in [-0.15, -0.1) is 0 Å². The molecular weight excluding hydrogens is 248 g/mol. The number of carboxylic acids is 1. The molecule has 17 heavy (non-hydrogen) atoms. The first kappa shape index (κ1) is 15.9. The first-order chi connectivity index (χ1) is 7.66. The molecule has 0 aromatic rings. The quantitative estimate of drug-likeness (QED) is 0.486. The van der Waals surface area contributed by atoms with Crippen LogP contribution in [0.3, 0.4) is 0 Å². The smallest absolute Gasteiger partial charge is 0.337 e. The normalized spacial score (nSPS) is 17.6. The molecule has 0 fully saturated rings. The van der Waals surface area contributed by atoms with Gasteiger partial charge in [0.25, 0.3) is 0 Å². The first-order valence-corrected chi connectivity index (χ1v) is 6.58. The fraction of sp³-hybridized carbons (Fsp3) is 0.778. The third-order valence-electron chi connectivity index (χ3n) is 2.17. The van der Waals surface area contributed by atoms with E-state index >= 15 is 0 Å². The molecule has 8 heteroatoms. The first-order valence-electron chi connectivity index (χ1n) is 4.96. The van der Waals surface area contributed by atoms with Crippen LogP contribution in [-0.4, -0.2) is 56.6 Å². The molecule has 0 aromatic carbocycles. The summed E-state index contributed by atoms with van der Waals surface area (Å²) in [6, 6.07) is -0.608. The van der Waals surface area contributed by atoms with Crippen LogP contribution in [0, 0.1) is 0 Å². The Labute approximate surface area is 102 Å². The maximum Gasteiger partial charge on any atom is 0.337 e.